The van der Waals surface area contributed by atoms with Gasteiger partial charge in [0.15, 0.2) is 0 Å². The van der Waals surface area contributed by atoms with Crippen LogP contribution in [0, 0.1) is 6.92 Å². The summed E-state index contributed by atoms with van der Waals surface area (Å²) in [5.74, 6) is 1.41. The Labute approximate surface area is 163 Å². The van der Waals surface area contributed by atoms with E-state index in [0.29, 0.717) is 23.5 Å². The van der Waals surface area contributed by atoms with E-state index >= 15 is 0 Å². The first kappa shape index (κ1) is 17.9. The summed E-state index contributed by atoms with van der Waals surface area (Å²) in [6, 6.07) is 22.8. The number of fused-ring (bicyclic) bond motifs is 1. The molecule has 0 aliphatic heterocycles. The molecule has 4 aromatic rings. The summed E-state index contributed by atoms with van der Waals surface area (Å²) < 4.78 is 16.9. The second kappa shape index (κ2) is 7.61. The van der Waals surface area contributed by atoms with Crippen LogP contribution in [0.3, 0.4) is 0 Å². The van der Waals surface area contributed by atoms with Crippen molar-refractivity contribution < 1.29 is 13.9 Å². The van der Waals surface area contributed by atoms with Crippen LogP contribution in [-0.4, -0.2) is 7.11 Å². The molecule has 0 atom stereocenters. The van der Waals surface area contributed by atoms with Crippen molar-refractivity contribution in [3.63, 3.8) is 0 Å². The molecule has 0 radical (unpaired) electrons. The zero-order chi connectivity index (χ0) is 19.5. The summed E-state index contributed by atoms with van der Waals surface area (Å²) in [7, 11) is 1.64. The predicted octanol–water partition coefficient (Wildman–Crippen LogP) is 5.36. The Morgan fingerprint density at radius 3 is 2.46 bits per heavy atom. The van der Waals surface area contributed by atoms with Crippen LogP contribution >= 0.6 is 0 Å². The van der Waals surface area contributed by atoms with Gasteiger partial charge in [-0.05, 0) is 36.2 Å². The van der Waals surface area contributed by atoms with Gasteiger partial charge in [0.25, 0.3) is 0 Å². The topological polar surface area (TPSA) is 48.7 Å². The molecular weight excluding hydrogens is 352 g/mol. The third kappa shape index (κ3) is 3.37. The molecule has 0 N–H and O–H groups in total. The van der Waals surface area contributed by atoms with Crippen LogP contribution in [0.5, 0.6) is 11.5 Å². The Morgan fingerprint density at radius 2 is 1.68 bits per heavy atom. The number of methoxy groups -OCH3 is 1. The minimum atomic E-state index is -0.349. The van der Waals surface area contributed by atoms with E-state index in [-0.39, 0.29) is 5.63 Å². The van der Waals surface area contributed by atoms with Crippen LogP contribution in [0.25, 0.3) is 22.1 Å². The van der Waals surface area contributed by atoms with Crippen LogP contribution in [0.1, 0.15) is 11.1 Å². The van der Waals surface area contributed by atoms with Crippen LogP contribution in [0.2, 0.25) is 0 Å². The number of para-hydroxylation sites is 1. The van der Waals surface area contributed by atoms with Gasteiger partial charge in [-0.15, -0.1) is 0 Å². The normalized spacial score (nSPS) is 10.8. The van der Waals surface area contributed by atoms with E-state index in [1.807, 2.05) is 73.7 Å². The number of hydrogen-bond acceptors (Lipinski definition) is 4. The van der Waals surface area contributed by atoms with E-state index in [4.69, 9.17) is 13.9 Å². The molecule has 0 saturated carbocycles. The number of benzene rings is 3. The van der Waals surface area contributed by atoms with Gasteiger partial charge in [-0.2, -0.15) is 0 Å². The summed E-state index contributed by atoms with van der Waals surface area (Å²) in [6.45, 7) is 2.30. The van der Waals surface area contributed by atoms with Crippen LogP contribution in [0.4, 0.5) is 0 Å². The van der Waals surface area contributed by atoms with Crippen molar-refractivity contribution in [2.75, 3.05) is 7.11 Å². The van der Waals surface area contributed by atoms with Gasteiger partial charge in [0.1, 0.15) is 23.7 Å². The summed E-state index contributed by atoms with van der Waals surface area (Å²) in [4.78, 5) is 12.6. The molecule has 1 heterocycles. The zero-order valence-electron chi connectivity index (χ0n) is 15.8. The van der Waals surface area contributed by atoms with Gasteiger partial charge in [0.05, 0.1) is 12.7 Å². The average molecular weight is 372 g/mol. The van der Waals surface area contributed by atoms with Crippen molar-refractivity contribution in [2.45, 2.75) is 13.5 Å². The number of ether oxygens (including phenoxy) is 2. The first-order chi connectivity index (χ1) is 13.7. The molecule has 0 spiro atoms. The molecule has 4 nitrogen and oxygen atoms in total. The highest BCUT2D eigenvalue weighted by Crippen LogP contribution is 2.29. The Kier molecular flexibility index (Phi) is 4.85. The lowest BCUT2D eigenvalue weighted by molar-refractivity contribution is 0.296. The molecule has 0 aliphatic carbocycles. The first-order valence-corrected chi connectivity index (χ1v) is 9.05. The second-order valence-corrected chi connectivity index (χ2v) is 6.51. The highest BCUT2D eigenvalue weighted by Gasteiger charge is 2.14. The fraction of sp³-hybridized carbons (Fsp3) is 0.125. The van der Waals surface area contributed by atoms with Crippen molar-refractivity contribution in [1.82, 2.24) is 0 Å². The van der Waals surface area contributed by atoms with Crippen molar-refractivity contribution in [2.24, 2.45) is 0 Å². The second-order valence-electron chi connectivity index (χ2n) is 6.51. The minimum Gasteiger partial charge on any atom is -0.496 e. The van der Waals surface area contributed by atoms with Crippen molar-refractivity contribution in [3.8, 4) is 22.6 Å². The summed E-state index contributed by atoms with van der Waals surface area (Å²) in [6.07, 6.45) is 0. The van der Waals surface area contributed by atoms with E-state index in [1.165, 1.54) is 0 Å². The molecule has 4 rings (SSSR count). The summed E-state index contributed by atoms with van der Waals surface area (Å²) >= 11 is 0. The number of hydrogen-bond donors (Lipinski definition) is 0. The molecule has 3 aromatic carbocycles. The molecule has 28 heavy (non-hydrogen) atoms. The van der Waals surface area contributed by atoms with Gasteiger partial charge in [-0.25, -0.2) is 4.79 Å². The molecule has 0 saturated heterocycles. The van der Waals surface area contributed by atoms with Gasteiger partial charge in [-0.3, -0.25) is 0 Å². The predicted molar refractivity (Wildman–Crippen MR) is 110 cm³/mol. The SMILES string of the molecule is COc1ccccc1COc1ccc2c(C)c(-c3ccccc3)c(=O)oc2c1. The number of rotatable bonds is 5. The minimum absolute atomic E-state index is 0.349. The monoisotopic (exact) mass is 372 g/mol. The van der Waals surface area contributed by atoms with Crippen LogP contribution in [-0.2, 0) is 6.61 Å². The van der Waals surface area contributed by atoms with Gasteiger partial charge >= 0.3 is 5.63 Å². The highest BCUT2D eigenvalue weighted by atomic mass is 16.5. The molecule has 1 aromatic heterocycles. The lowest BCUT2D eigenvalue weighted by Crippen LogP contribution is -2.06. The fourth-order valence-corrected chi connectivity index (χ4v) is 3.35. The Morgan fingerprint density at radius 1 is 0.929 bits per heavy atom. The third-order valence-corrected chi connectivity index (χ3v) is 4.79. The Hall–Kier alpha value is -3.53. The van der Waals surface area contributed by atoms with Crippen molar-refractivity contribution >= 4 is 11.0 Å². The molecule has 0 fully saturated rings. The van der Waals surface area contributed by atoms with Gasteiger partial charge in [-0.1, -0.05) is 48.5 Å². The van der Waals surface area contributed by atoms with Crippen molar-refractivity contribution in [3.05, 3.63) is 94.3 Å². The fourth-order valence-electron chi connectivity index (χ4n) is 3.35. The van der Waals surface area contributed by atoms with Crippen LogP contribution < -0.4 is 15.1 Å². The molecule has 0 unspecified atom stereocenters. The average Bonchev–Trinajstić information content (AvgIpc) is 2.73. The summed E-state index contributed by atoms with van der Waals surface area (Å²) in [5, 5.41) is 0.892. The van der Waals surface area contributed by atoms with E-state index in [1.54, 1.807) is 13.2 Å². The molecule has 0 bridgehead atoms. The van der Waals surface area contributed by atoms with E-state index in [2.05, 4.69) is 0 Å². The quantitative estimate of drug-likeness (QED) is 0.443. The van der Waals surface area contributed by atoms with Gasteiger partial charge in [0.2, 0.25) is 0 Å². The lowest BCUT2D eigenvalue weighted by atomic mass is 10.00. The smallest absolute Gasteiger partial charge is 0.344 e. The molecular formula is C24H20O4. The highest BCUT2D eigenvalue weighted by molar-refractivity contribution is 5.87. The Bertz CT molecular complexity index is 1180. The standard InChI is InChI=1S/C24H20O4/c1-16-20-13-12-19(27-15-18-10-6-7-11-21(18)26-2)14-22(20)28-24(25)23(16)17-8-4-3-5-9-17/h3-14H,15H2,1-2H3. The van der Waals surface area contributed by atoms with Crippen LogP contribution in [0.15, 0.2) is 82.0 Å². The maximum Gasteiger partial charge on any atom is 0.344 e. The lowest BCUT2D eigenvalue weighted by Gasteiger charge is -2.12. The molecule has 0 aliphatic rings. The van der Waals surface area contributed by atoms with E-state index in [9.17, 15) is 4.79 Å². The van der Waals surface area contributed by atoms with Gasteiger partial charge < -0.3 is 13.9 Å². The number of aryl methyl sites for hydroxylation is 1. The van der Waals surface area contributed by atoms with Crippen molar-refractivity contribution in [1.29, 1.82) is 0 Å². The Balaban J connectivity index is 1.68. The third-order valence-electron chi connectivity index (χ3n) is 4.79. The maximum atomic E-state index is 12.6. The largest absolute Gasteiger partial charge is 0.496 e. The van der Waals surface area contributed by atoms with E-state index in [0.717, 1.165) is 27.8 Å². The molecule has 4 heteroatoms. The maximum absolute atomic E-state index is 12.6. The zero-order valence-corrected chi connectivity index (χ0v) is 15.8. The van der Waals surface area contributed by atoms with Gasteiger partial charge in [0, 0.05) is 17.0 Å². The molecule has 140 valence electrons. The van der Waals surface area contributed by atoms with E-state index < -0.39 is 0 Å². The molecule has 0 amide bonds. The summed E-state index contributed by atoms with van der Waals surface area (Å²) in [5.41, 5.74) is 3.46. The first-order valence-electron chi connectivity index (χ1n) is 9.05.